The first-order chi connectivity index (χ1) is 12.3. The quantitative estimate of drug-likeness (QED) is 0.705. The smallest absolute Gasteiger partial charge is 0.332 e. The Bertz CT molecular complexity index is 921. The highest BCUT2D eigenvalue weighted by atomic mass is 16.2. The number of carbonyl (C=O) groups excluding carboxylic acids is 1. The number of anilines is 1. The van der Waals surface area contributed by atoms with Crippen LogP contribution in [0.3, 0.4) is 0 Å². The van der Waals surface area contributed by atoms with Gasteiger partial charge < -0.3 is 5.73 Å². The third-order valence-electron chi connectivity index (χ3n) is 5.19. The second-order valence-corrected chi connectivity index (χ2v) is 6.65. The third-order valence-corrected chi connectivity index (χ3v) is 5.19. The first-order valence-electron chi connectivity index (χ1n) is 8.50. The van der Waals surface area contributed by atoms with Crippen LogP contribution in [0.1, 0.15) is 36.2 Å². The Morgan fingerprint density at radius 3 is 2.46 bits per heavy atom. The van der Waals surface area contributed by atoms with E-state index in [0.717, 1.165) is 22.0 Å². The summed E-state index contributed by atoms with van der Waals surface area (Å²) in [5.41, 5.74) is 4.57. The maximum atomic E-state index is 12.9. The highest BCUT2D eigenvalue weighted by Gasteiger charge is 2.31. The number of ketones is 1. The molecule has 1 unspecified atom stereocenters. The number of piperidine rings is 1. The van der Waals surface area contributed by atoms with Gasteiger partial charge in [0, 0.05) is 27.2 Å². The van der Waals surface area contributed by atoms with Crippen LogP contribution in [0.25, 0.3) is 0 Å². The summed E-state index contributed by atoms with van der Waals surface area (Å²) in [4.78, 5) is 43.3. The molecule has 2 N–H and O–H groups in total. The summed E-state index contributed by atoms with van der Waals surface area (Å²) in [7, 11) is 2.79. The summed E-state index contributed by atoms with van der Waals surface area (Å²) in [5, 5.41) is 4.17. The number of hydrogen-bond acceptors (Lipinski definition) is 7. The summed E-state index contributed by atoms with van der Waals surface area (Å²) in [6.07, 6.45) is 4.88. The average molecular weight is 361 g/mol. The standard InChI is InChI=1S/C16H23N7O3/c1-10(22-6-4-11(5-7-22)23-9-18-8-19-23)13(24)12-14(17)20(2)16(26)21(3)15(12)25/h8-11H,4-7,17H2,1-3H3. The minimum atomic E-state index is -0.653. The minimum Gasteiger partial charge on any atom is -0.384 e. The molecule has 0 bridgehead atoms. The molecule has 1 aliphatic rings. The molecule has 0 saturated carbocycles. The number of nitrogens with zero attached hydrogens (tertiary/aromatic N) is 6. The Morgan fingerprint density at radius 2 is 1.88 bits per heavy atom. The number of aromatic nitrogens is 5. The summed E-state index contributed by atoms with van der Waals surface area (Å²) >= 11 is 0. The molecule has 0 aliphatic carbocycles. The lowest BCUT2D eigenvalue weighted by molar-refractivity contribution is 0.0768. The number of nitrogens with two attached hydrogens (primary N) is 1. The highest BCUT2D eigenvalue weighted by molar-refractivity contribution is 6.03. The van der Waals surface area contributed by atoms with Gasteiger partial charge in [0.15, 0.2) is 5.78 Å². The van der Waals surface area contributed by atoms with Crippen molar-refractivity contribution in [3.8, 4) is 0 Å². The normalized spacial score (nSPS) is 17.3. The highest BCUT2D eigenvalue weighted by Crippen LogP contribution is 2.23. The van der Waals surface area contributed by atoms with E-state index in [1.165, 1.54) is 20.4 Å². The summed E-state index contributed by atoms with van der Waals surface area (Å²) in [6.45, 7) is 3.16. The molecule has 26 heavy (non-hydrogen) atoms. The molecule has 10 heteroatoms. The molecular weight excluding hydrogens is 338 g/mol. The largest absolute Gasteiger partial charge is 0.384 e. The van der Waals surface area contributed by atoms with Gasteiger partial charge in [0.1, 0.15) is 24.0 Å². The predicted octanol–water partition coefficient (Wildman–Crippen LogP) is -0.834. The summed E-state index contributed by atoms with van der Waals surface area (Å²) in [6, 6.07) is -0.245. The van der Waals surface area contributed by atoms with Crippen molar-refractivity contribution < 1.29 is 4.79 Å². The second kappa shape index (κ2) is 6.87. The first kappa shape index (κ1) is 18.1. The van der Waals surface area contributed by atoms with Gasteiger partial charge in [-0.05, 0) is 19.8 Å². The zero-order valence-corrected chi connectivity index (χ0v) is 15.1. The number of Topliss-reactive ketones (excluding diaryl/α,β-unsaturated/α-hetero) is 1. The van der Waals surface area contributed by atoms with Crippen molar-refractivity contribution in [2.24, 2.45) is 14.1 Å². The molecular formula is C16H23N7O3. The van der Waals surface area contributed by atoms with E-state index in [1.54, 1.807) is 13.3 Å². The van der Waals surface area contributed by atoms with Crippen molar-refractivity contribution in [1.29, 1.82) is 0 Å². The van der Waals surface area contributed by atoms with Gasteiger partial charge in [0.25, 0.3) is 5.56 Å². The van der Waals surface area contributed by atoms with Gasteiger partial charge in [-0.25, -0.2) is 14.5 Å². The molecule has 0 radical (unpaired) electrons. The zero-order valence-electron chi connectivity index (χ0n) is 15.1. The van der Waals surface area contributed by atoms with E-state index in [0.29, 0.717) is 13.1 Å². The number of rotatable bonds is 4. The van der Waals surface area contributed by atoms with Crippen molar-refractivity contribution in [3.05, 3.63) is 39.1 Å². The van der Waals surface area contributed by atoms with Crippen molar-refractivity contribution in [1.82, 2.24) is 28.8 Å². The Balaban J connectivity index is 1.79. The lowest BCUT2D eigenvalue weighted by atomic mass is 10.00. The van der Waals surface area contributed by atoms with Crippen LogP contribution >= 0.6 is 0 Å². The maximum absolute atomic E-state index is 12.9. The van der Waals surface area contributed by atoms with Crippen LogP contribution in [-0.2, 0) is 14.1 Å². The summed E-state index contributed by atoms with van der Waals surface area (Å²) in [5.74, 6) is -0.453. The SMILES string of the molecule is CC(C(=O)c1c(N)n(C)c(=O)n(C)c1=O)N1CCC(n2cncn2)CC1. The van der Waals surface area contributed by atoms with Gasteiger partial charge >= 0.3 is 5.69 Å². The van der Waals surface area contributed by atoms with Crippen LogP contribution in [0.5, 0.6) is 0 Å². The Kier molecular flexibility index (Phi) is 4.77. The molecule has 2 aromatic rings. The van der Waals surface area contributed by atoms with Gasteiger partial charge in [-0.15, -0.1) is 0 Å². The molecule has 3 rings (SSSR count). The van der Waals surface area contributed by atoms with Gasteiger partial charge in [0.05, 0.1) is 12.1 Å². The molecule has 2 aromatic heterocycles. The van der Waals surface area contributed by atoms with Crippen LogP contribution in [0, 0.1) is 0 Å². The predicted molar refractivity (Wildman–Crippen MR) is 95.0 cm³/mol. The Labute approximate surface area is 149 Å². The van der Waals surface area contributed by atoms with Gasteiger partial charge in [-0.1, -0.05) is 0 Å². The number of likely N-dealkylation sites (tertiary alicyclic amines) is 1. The van der Waals surface area contributed by atoms with Crippen LogP contribution in [0.15, 0.2) is 22.2 Å². The van der Waals surface area contributed by atoms with Crippen molar-refractivity contribution in [2.45, 2.75) is 31.8 Å². The van der Waals surface area contributed by atoms with Crippen LogP contribution < -0.4 is 17.0 Å². The lowest BCUT2D eigenvalue weighted by Gasteiger charge is -2.35. The van der Waals surface area contributed by atoms with Gasteiger partial charge in [-0.3, -0.25) is 23.6 Å². The maximum Gasteiger partial charge on any atom is 0.332 e. The fraction of sp³-hybridized carbons (Fsp3) is 0.562. The topological polar surface area (TPSA) is 121 Å². The number of nitrogen functional groups attached to an aromatic ring is 1. The third kappa shape index (κ3) is 2.96. The lowest BCUT2D eigenvalue weighted by Crippen LogP contribution is -2.48. The van der Waals surface area contributed by atoms with E-state index < -0.39 is 17.3 Å². The van der Waals surface area contributed by atoms with Crippen LogP contribution in [0.4, 0.5) is 5.82 Å². The van der Waals surface area contributed by atoms with E-state index >= 15 is 0 Å². The minimum absolute atomic E-state index is 0.0903. The monoisotopic (exact) mass is 361 g/mol. The molecule has 1 atom stereocenters. The number of hydrogen-bond donors (Lipinski definition) is 1. The molecule has 10 nitrogen and oxygen atoms in total. The molecule has 1 saturated heterocycles. The van der Waals surface area contributed by atoms with Crippen molar-refractivity contribution >= 4 is 11.6 Å². The Morgan fingerprint density at radius 1 is 1.23 bits per heavy atom. The van der Waals surface area contributed by atoms with E-state index in [-0.39, 0.29) is 23.2 Å². The zero-order chi connectivity index (χ0) is 19.0. The van der Waals surface area contributed by atoms with E-state index in [1.807, 2.05) is 9.58 Å². The van der Waals surface area contributed by atoms with Crippen molar-refractivity contribution in [3.63, 3.8) is 0 Å². The first-order valence-corrected chi connectivity index (χ1v) is 8.50. The van der Waals surface area contributed by atoms with Crippen LogP contribution in [0.2, 0.25) is 0 Å². The molecule has 1 aliphatic heterocycles. The fourth-order valence-corrected chi connectivity index (χ4v) is 3.41. The van der Waals surface area contributed by atoms with E-state index in [9.17, 15) is 14.4 Å². The molecule has 1 fully saturated rings. The average Bonchev–Trinajstić information content (AvgIpc) is 3.19. The number of carbonyl (C=O) groups is 1. The molecule has 0 spiro atoms. The Hall–Kier alpha value is -2.75. The van der Waals surface area contributed by atoms with Crippen molar-refractivity contribution in [2.75, 3.05) is 18.8 Å². The molecule has 3 heterocycles. The molecule has 140 valence electrons. The van der Waals surface area contributed by atoms with Gasteiger partial charge in [0.2, 0.25) is 0 Å². The van der Waals surface area contributed by atoms with E-state index in [4.69, 9.17) is 5.73 Å². The van der Waals surface area contributed by atoms with E-state index in [2.05, 4.69) is 10.1 Å². The molecule has 0 amide bonds. The van der Waals surface area contributed by atoms with Gasteiger partial charge in [-0.2, -0.15) is 5.10 Å². The van der Waals surface area contributed by atoms with Crippen LogP contribution in [-0.4, -0.2) is 53.7 Å². The fourth-order valence-electron chi connectivity index (χ4n) is 3.41. The molecule has 0 aromatic carbocycles. The summed E-state index contributed by atoms with van der Waals surface area (Å²) < 4.78 is 3.87. The second-order valence-electron chi connectivity index (χ2n) is 6.65.